The quantitative estimate of drug-likeness (QED) is 0.0299. The summed E-state index contributed by atoms with van der Waals surface area (Å²) in [6, 6.07) is 0. The average Bonchev–Trinajstić information content (AvgIpc) is 3.23. The second-order valence-electron chi connectivity index (χ2n) is 17.4. The number of Topliss-reactive ketones (excluding diaryl/α,β-unsaturated/α-hetero) is 1. The fraction of sp³-hybridized carbons (Fsp3) is 0.889. The second kappa shape index (κ2) is 32.0. The van der Waals surface area contributed by atoms with Crippen molar-refractivity contribution in [1.29, 1.82) is 0 Å². The van der Waals surface area contributed by atoms with E-state index in [1.807, 2.05) is 6.92 Å². The molecule has 0 aromatic rings. The van der Waals surface area contributed by atoms with Gasteiger partial charge in [-0.3, -0.25) is 23.4 Å². The molecule has 0 radical (unpaired) electrons. The number of aliphatic hydroxyl groups is 7. The zero-order valence-electron chi connectivity index (χ0n) is 37.4. The molecular formula is C45H81O16P. The van der Waals surface area contributed by atoms with E-state index in [1.165, 1.54) is 63.5 Å². The number of unbranched alkanes of at least 4 members (excludes halogenated alkanes) is 14. The number of carbonyl (C=O) groups excluding carboxylic acids is 3. The molecule has 0 aromatic carbocycles. The van der Waals surface area contributed by atoms with Gasteiger partial charge in [0.25, 0.3) is 0 Å². The lowest BCUT2D eigenvalue weighted by Gasteiger charge is -2.36. The minimum Gasteiger partial charge on any atom is -0.462 e. The number of hydrogen-bond donors (Lipinski definition) is 8. The Morgan fingerprint density at radius 2 is 1.31 bits per heavy atom. The van der Waals surface area contributed by atoms with Gasteiger partial charge in [-0.2, -0.15) is 0 Å². The van der Waals surface area contributed by atoms with E-state index in [0.29, 0.717) is 44.9 Å². The summed E-state index contributed by atoms with van der Waals surface area (Å²) in [6.07, 6.45) is 3.15. The Bertz CT molecular complexity index is 1320. The molecule has 2 bridgehead atoms. The molecule has 1 unspecified atom stereocenters. The number of phosphoric acid groups is 1. The molecule has 1 saturated heterocycles. The van der Waals surface area contributed by atoms with Crippen molar-refractivity contribution in [2.24, 2.45) is 11.8 Å². The fourth-order valence-electron chi connectivity index (χ4n) is 8.08. The van der Waals surface area contributed by atoms with Gasteiger partial charge in [-0.1, -0.05) is 142 Å². The normalized spacial score (nSPS) is 32.1. The van der Waals surface area contributed by atoms with Gasteiger partial charge in [0.05, 0.1) is 31.0 Å². The number of aliphatic hydroxyl groups excluding tert-OH is 7. The third-order valence-corrected chi connectivity index (χ3v) is 13.0. The number of cyclic esters (lactones) is 1. The van der Waals surface area contributed by atoms with Gasteiger partial charge in [0, 0.05) is 31.1 Å². The van der Waals surface area contributed by atoms with Gasteiger partial charge < -0.3 is 50.1 Å². The second-order valence-corrected chi connectivity index (χ2v) is 18.8. The Labute approximate surface area is 369 Å². The van der Waals surface area contributed by atoms with E-state index in [9.17, 15) is 59.6 Å². The lowest BCUT2D eigenvalue weighted by molar-refractivity contribution is -0.166. The molecule has 62 heavy (non-hydrogen) atoms. The largest absolute Gasteiger partial charge is 0.472 e. The SMILES string of the molecule is CCCCCCCCCCCCCCCC(=O)O[C@@H]1COC(=O)CCCCCC[C@H]2C(=O)C[C@@H](O)[C@H](/C=C/[C@@H](O)CCCCC)[C@@H](O)[C@@H](O)[C@@H](OP(=O)(O)OC1)[C@H](O)[C@@H](O)[C@@H]2O. The standard InChI is InChI=1S/C45H81O16P/c1-3-5-7-8-9-10-11-12-13-14-15-16-22-26-39(50)60-33-30-58-38(49)25-21-18-17-20-24-34-36(47)29-37(48)35(28-27-32(46)23-19-6-4-2)41(52)43(54)45(44(55)42(53)40(34)51)61-62(56,57)59-31-33/h27-28,32-35,37,40-46,48,51-55H,3-26,29-31H2,1-2H3,(H,56,57)/b28-27+/t32-,33+,34-,35-,37+,40+,41+,42-,43+,44+,45+/m0/s1. The minimum atomic E-state index is -5.44. The topological polar surface area (TPSA) is 267 Å². The van der Waals surface area contributed by atoms with E-state index >= 15 is 0 Å². The van der Waals surface area contributed by atoms with Crippen molar-refractivity contribution in [3.05, 3.63) is 12.2 Å². The highest BCUT2D eigenvalue weighted by Crippen LogP contribution is 2.47. The maximum atomic E-state index is 13.6. The first-order chi connectivity index (χ1) is 29.6. The number of ketones is 1. The monoisotopic (exact) mass is 909 g/mol. The van der Waals surface area contributed by atoms with Crippen LogP contribution >= 0.6 is 7.82 Å². The van der Waals surface area contributed by atoms with E-state index < -0.39 is 112 Å². The van der Waals surface area contributed by atoms with Crippen molar-refractivity contribution in [2.75, 3.05) is 13.2 Å². The number of ether oxygens (including phenoxy) is 2. The number of esters is 2. The lowest BCUT2D eigenvalue weighted by atomic mass is 9.83. The molecule has 2 aliphatic rings. The van der Waals surface area contributed by atoms with Crippen LogP contribution in [0.2, 0.25) is 0 Å². The van der Waals surface area contributed by atoms with Gasteiger partial charge in [-0.05, 0) is 25.7 Å². The van der Waals surface area contributed by atoms with Crippen LogP contribution in [-0.4, -0.2) is 127 Å². The third-order valence-electron chi connectivity index (χ3n) is 12.0. The smallest absolute Gasteiger partial charge is 0.462 e. The Morgan fingerprint density at radius 3 is 1.94 bits per heavy atom. The molecule has 0 aromatic heterocycles. The molecule has 1 aliphatic heterocycles. The average molecular weight is 909 g/mol. The predicted octanol–water partition coefficient (Wildman–Crippen LogP) is 5.65. The van der Waals surface area contributed by atoms with E-state index in [0.717, 1.165) is 38.5 Å². The Hall–Kier alpha value is -1.82. The summed E-state index contributed by atoms with van der Waals surface area (Å²) in [4.78, 5) is 50.0. The van der Waals surface area contributed by atoms with Crippen LogP contribution in [0.15, 0.2) is 12.2 Å². The van der Waals surface area contributed by atoms with Crippen molar-refractivity contribution in [2.45, 2.75) is 229 Å². The summed E-state index contributed by atoms with van der Waals surface area (Å²) in [7, 11) is -5.44. The summed E-state index contributed by atoms with van der Waals surface area (Å²) in [5.41, 5.74) is 0. The van der Waals surface area contributed by atoms with Crippen molar-refractivity contribution >= 4 is 25.5 Å². The molecule has 2 fully saturated rings. The van der Waals surface area contributed by atoms with E-state index in [2.05, 4.69) is 6.92 Å². The van der Waals surface area contributed by atoms with Crippen LogP contribution in [0.3, 0.4) is 0 Å². The summed E-state index contributed by atoms with van der Waals surface area (Å²) in [5, 5.41) is 78.6. The summed E-state index contributed by atoms with van der Waals surface area (Å²) in [6.45, 7) is 2.82. The lowest BCUT2D eigenvalue weighted by Crippen LogP contribution is -2.55. The number of hydrogen-bond acceptors (Lipinski definition) is 15. The third kappa shape index (κ3) is 22.4. The first-order valence-electron chi connectivity index (χ1n) is 23.6. The molecule has 8 N–H and O–H groups in total. The predicted molar refractivity (Wildman–Crippen MR) is 231 cm³/mol. The molecule has 1 saturated carbocycles. The Kier molecular flexibility index (Phi) is 29.0. The zero-order valence-corrected chi connectivity index (χ0v) is 38.3. The van der Waals surface area contributed by atoms with Crippen molar-refractivity contribution in [1.82, 2.24) is 0 Å². The van der Waals surface area contributed by atoms with Crippen molar-refractivity contribution in [3.8, 4) is 0 Å². The maximum Gasteiger partial charge on any atom is 0.472 e. The molecule has 17 heteroatoms. The van der Waals surface area contributed by atoms with Gasteiger partial charge in [0.2, 0.25) is 0 Å². The van der Waals surface area contributed by atoms with Crippen LogP contribution in [0.1, 0.15) is 174 Å². The molecule has 0 amide bonds. The molecule has 0 spiro atoms. The Morgan fingerprint density at radius 1 is 0.742 bits per heavy atom. The molecule has 1 aliphatic carbocycles. The van der Waals surface area contributed by atoms with E-state index in [-0.39, 0.29) is 19.3 Å². The first-order valence-corrected chi connectivity index (χ1v) is 25.1. The fourth-order valence-corrected chi connectivity index (χ4v) is 9.05. The van der Waals surface area contributed by atoms with Crippen molar-refractivity contribution in [3.63, 3.8) is 0 Å². The summed E-state index contributed by atoms with van der Waals surface area (Å²) >= 11 is 0. The molecule has 1 heterocycles. The van der Waals surface area contributed by atoms with E-state index in [4.69, 9.17) is 18.5 Å². The van der Waals surface area contributed by atoms with Crippen LogP contribution < -0.4 is 0 Å². The molecule has 12 atom stereocenters. The number of fused-ring (bicyclic) bond motifs is 4. The summed E-state index contributed by atoms with van der Waals surface area (Å²) in [5.74, 6) is -4.88. The maximum absolute atomic E-state index is 13.6. The van der Waals surface area contributed by atoms with Crippen LogP contribution in [0.5, 0.6) is 0 Å². The van der Waals surface area contributed by atoms with Gasteiger partial charge in [-0.25, -0.2) is 4.57 Å². The number of phosphoric ester groups is 1. The van der Waals surface area contributed by atoms with Gasteiger partial charge in [-0.15, -0.1) is 0 Å². The zero-order chi connectivity index (χ0) is 45.9. The number of rotatable bonds is 21. The molecular weight excluding hydrogens is 827 g/mol. The molecule has 16 nitrogen and oxygen atoms in total. The van der Waals surface area contributed by atoms with Crippen molar-refractivity contribution < 1.29 is 78.1 Å². The highest BCUT2D eigenvalue weighted by Gasteiger charge is 2.49. The highest BCUT2D eigenvalue weighted by atomic mass is 31.2. The Balaban J connectivity index is 2.24. The van der Waals surface area contributed by atoms with Crippen LogP contribution in [0.25, 0.3) is 0 Å². The number of carbonyl (C=O) groups is 3. The van der Waals surface area contributed by atoms with Gasteiger partial charge in [0.15, 0.2) is 6.10 Å². The van der Waals surface area contributed by atoms with Gasteiger partial charge >= 0.3 is 19.8 Å². The molecule has 362 valence electrons. The minimum absolute atomic E-state index is 0.00568. The summed E-state index contributed by atoms with van der Waals surface area (Å²) < 4.78 is 34.7. The van der Waals surface area contributed by atoms with Gasteiger partial charge in [0.1, 0.15) is 36.8 Å². The highest BCUT2D eigenvalue weighted by molar-refractivity contribution is 7.47. The van der Waals surface area contributed by atoms with Crippen LogP contribution in [-0.2, 0) is 37.5 Å². The van der Waals surface area contributed by atoms with Crippen LogP contribution in [0, 0.1) is 11.8 Å². The molecule has 2 rings (SSSR count). The van der Waals surface area contributed by atoms with Crippen LogP contribution in [0.4, 0.5) is 0 Å². The van der Waals surface area contributed by atoms with E-state index in [1.54, 1.807) is 0 Å². The first kappa shape index (κ1) is 56.3.